The van der Waals surface area contributed by atoms with E-state index in [2.05, 4.69) is 0 Å². The number of hydrogen-bond donors (Lipinski definition) is 1. The predicted molar refractivity (Wildman–Crippen MR) is 76.2 cm³/mol. The molecule has 1 aromatic rings. The number of nitrogens with zero attached hydrogens (tertiary/aromatic N) is 1. The van der Waals surface area contributed by atoms with Gasteiger partial charge in [-0.2, -0.15) is 4.31 Å². The van der Waals surface area contributed by atoms with Gasteiger partial charge in [-0.25, -0.2) is 8.42 Å². The van der Waals surface area contributed by atoms with E-state index in [1.54, 1.807) is 22.5 Å². The summed E-state index contributed by atoms with van der Waals surface area (Å²) >= 11 is 0. The predicted octanol–water partition coefficient (Wildman–Crippen LogP) is 2.10. The molecule has 1 saturated heterocycles. The van der Waals surface area contributed by atoms with Crippen LogP contribution in [0.15, 0.2) is 29.2 Å². The van der Waals surface area contributed by atoms with Crippen molar-refractivity contribution >= 4 is 10.0 Å². The number of piperidine rings is 1. The van der Waals surface area contributed by atoms with Gasteiger partial charge in [-0.05, 0) is 30.9 Å². The molecule has 0 spiro atoms. The van der Waals surface area contributed by atoms with Crippen LogP contribution in [0.4, 0.5) is 0 Å². The molecule has 0 amide bonds. The Balaban J connectivity index is 2.40. The monoisotopic (exact) mass is 282 g/mol. The van der Waals surface area contributed by atoms with E-state index in [4.69, 9.17) is 5.73 Å². The minimum Gasteiger partial charge on any atom is -0.326 e. The van der Waals surface area contributed by atoms with Gasteiger partial charge in [0.15, 0.2) is 0 Å². The largest absolute Gasteiger partial charge is 0.326 e. The standard InChI is InChI=1S/C14H22N2O2S/c1-2-13-8-5-6-10-16(13)19(17,18)14-9-4-3-7-12(14)11-15/h3-4,7,9,13H,2,5-6,8,10-11,15H2,1H3. The zero-order valence-electron chi connectivity index (χ0n) is 11.4. The van der Waals surface area contributed by atoms with Crippen LogP contribution in [0.5, 0.6) is 0 Å². The van der Waals surface area contributed by atoms with Crippen molar-refractivity contribution in [1.29, 1.82) is 0 Å². The topological polar surface area (TPSA) is 63.4 Å². The fraction of sp³-hybridized carbons (Fsp3) is 0.571. The van der Waals surface area contributed by atoms with Crippen LogP contribution in [0.25, 0.3) is 0 Å². The summed E-state index contributed by atoms with van der Waals surface area (Å²) < 4.78 is 27.3. The third kappa shape index (κ3) is 2.83. The molecule has 5 heteroatoms. The Morgan fingerprint density at radius 1 is 1.32 bits per heavy atom. The van der Waals surface area contributed by atoms with Crippen LogP contribution >= 0.6 is 0 Å². The van der Waals surface area contributed by atoms with E-state index in [9.17, 15) is 8.42 Å². The molecule has 0 bridgehead atoms. The van der Waals surface area contributed by atoms with Gasteiger partial charge in [-0.15, -0.1) is 0 Å². The first-order valence-corrected chi connectivity index (χ1v) is 8.35. The summed E-state index contributed by atoms with van der Waals surface area (Å²) in [5.74, 6) is 0. The van der Waals surface area contributed by atoms with Crippen molar-refractivity contribution in [2.24, 2.45) is 5.73 Å². The molecule has 1 atom stereocenters. The van der Waals surface area contributed by atoms with Crippen molar-refractivity contribution < 1.29 is 8.42 Å². The van der Waals surface area contributed by atoms with Crippen molar-refractivity contribution in [3.63, 3.8) is 0 Å². The molecule has 19 heavy (non-hydrogen) atoms. The van der Waals surface area contributed by atoms with Crippen LogP contribution in [0.2, 0.25) is 0 Å². The third-order valence-electron chi connectivity index (χ3n) is 3.82. The maximum Gasteiger partial charge on any atom is 0.243 e. The van der Waals surface area contributed by atoms with E-state index in [-0.39, 0.29) is 12.6 Å². The molecule has 4 nitrogen and oxygen atoms in total. The number of nitrogens with two attached hydrogens (primary N) is 1. The highest BCUT2D eigenvalue weighted by Gasteiger charge is 2.33. The number of sulfonamides is 1. The molecule has 0 radical (unpaired) electrons. The smallest absolute Gasteiger partial charge is 0.243 e. The molecule has 1 unspecified atom stereocenters. The molecular formula is C14H22N2O2S. The van der Waals surface area contributed by atoms with Crippen molar-refractivity contribution in [3.8, 4) is 0 Å². The van der Waals surface area contributed by atoms with E-state index in [1.165, 1.54) is 0 Å². The Morgan fingerprint density at radius 3 is 2.74 bits per heavy atom. The summed E-state index contributed by atoms with van der Waals surface area (Å²) in [4.78, 5) is 0.373. The Morgan fingerprint density at radius 2 is 2.05 bits per heavy atom. The fourth-order valence-corrected chi connectivity index (χ4v) is 4.75. The van der Waals surface area contributed by atoms with E-state index in [0.717, 1.165) is 25.7 Å². The summed E-state index contributed by atoms with van der Waals surface area (Å²) in [7, 11) is -3.41. The van der Waals surface area contributed by atoms with Crippen molar-refractivity contribution in [1.82, 2.24) is 4.31 Å². The lowest BCUT2D eigenvalue weighted by atomic mass is 10.0. The summed E-state index contributed by atoms with van der Waals surface area (Å²) in [6, 6.07) is 7.17. The van der Waals surface area contributed by atoms with Gasteiger partial charge >= 0.3 is 0 Å². The first-order chi connectivity index (χ1) is 9.11. The van der Waals surface area contributed by atoms with Crippen molar-refractivity contribution in [2.45, 2.75) is 50.1 Å². The maximum atomic E-state index is 12.8. The van der Waals surface area contributed by atoms with E-state index in [1.807, 2.05) is 13.0 Å². The maximum absolute atomic E-state index is 12.8. The molecule has 1 heterocycles. The summed E-state index contributed by atoms with van der Waals surface area (Å²) in [5, 5.41) is 0. The van der Waals surface area contributed by atoms with Crippen LogP contribution in [-0.4, -0.2) is 25.3 Å². The molecule has 0 saturated carbocycles. The Bertz CT molecular complexity index is 528. The Kier molecular flexibility index (Phi) is 4.60. The second-order valence-corrected chi connectivity index (χ2v) is 6.84. The van der Waals surface area contributed by atoms with Gasteiger partial charge in [-0.1, -0.05) is 31.5 Å². The lowest BCUT2D eigenvalue weighted by molar-refractivity contribution is 0.246. The quantitative estimate of drug-likeness (QED) is 0.920. The van der Waals surface area contributed by atoms with Gasteiger partial charge in [0.05, 0.1) is 4.90 Å². The van der Waals surface area contributed by atoms with Gasteiger partial charge in [-0.3, -0.25) is 0 Å². The average Bonchev–Trinajstić information content (AvgIpc) is 2.47. The van der Waals surface area contributed by atoms with Crippen LogP contribution < -0.4 is 5.73 Å². The van der Waals surface area contributed by atoms with E-state index < -0.39 is 10.0 Å². The van der Waals surface area contributed by atoms with Gasteiger partial charge in [0.1, 0.15) is 0 Å². The third-order valence-corrected chi connectivity index (χ3v) is 5.88. The Hall–Kier alpha value is -0.910. The molecular weight excluding hydrogens is 260 g/mol. The highest BCUT2D eigenvalue weighted by atomic mass is 32.2. The van der Waals surface area contributed by atoms with Crippen LogP contribution in [0.1, 0.15) is 38.2 Å². The minimum atomic E-state index is -3.41. The second-order valence-electron chi connectivity index (χ2n) is 4.99. The van der Waals surface area contributed by atoms with Crippen LogP contribution in [-0.2, 0) is 16.6 Å². The summed E-state index contributed by atoms with van der Waals surface area (Å²) in [5.41, 5.74) is 6.36. The molecule has 106 valence electrons. The molecule has 1 aromatic carbocycles. The summed E-state index contributed by atoms with van der Waals surface area (Å²) in [6.45, 7) is 2.92. The van der Waals surface area contributed by atoms with Crippen molar-refractivity contribution in [2.75, 3.05) is 6.54 Å². The number of benzene rings is 1. The highest BCUT2D eigenvalue weighted by Crippen LogP contribution is 2.28. The SMILES string of the molecule is CCC1CCCCN1S(=O)(=O)c1ccccc1CN. The van der Waals surface area contributed by atoms with Gasteiger partial charge in [0.25, 0.3) is 0 Å². The van der Waals surface area contributed by atoms with Gasteiger partial charge in [0, 0.05) is 19.1 Å². The highest BCUT2D eigenvalue weighted by molar-refractivity contribution is 7.89. The van der Waals surface area contributed by atoms with Crippen LogP contribution in [0.3, 0.4) is 0 Å². The minimum absolute atomic E-state index is 0.129. The van der Waals surface area contributed by atoms with Crippen LogP contribution in [0, 0.1) is 0 Å². The molecule has 2 rings (SSSR count). The molecule has 0 aliphatic carbocycles. The number of rotatable bonds is 4. The Labute approximate surface area is 115 Å². The molecule has 2 N–H and O–H groups in total. The van der Waals surface area contributed by atoms with Gasteiger partial charge in [0.2, 0.25) is 10.0 Å². The second kappa shape index (κ2) is 6.03. The lowest BCUT2D eigenvalue weighted by Gasteiger charge is -2.34. The fourth-order valence-electron chi connectivity index (χ4n) is 2.75. The van der Waals surface area contributed by atoms with Crippen molar-refractivity contribution in [3.05, 3.63) is 29.8 Å². The first kappa shape index (κ1) is 14.5. The zero-order chi connectivity index (χ0) is 13.9. The molecule has 0 aromatic heterocycles. The average molecular weight is 282 g/mol. The van der Waals surface area contributed by atoms with E-state index >= 15 is 0 Å². The summed E-state index contributed by atoms with van der Waals surface area (Å²) in [6.07, 6.45) is 3.88. The first-order valence-electron chi connectivity index (χ1n) is 6.91. The molecule has 1 aliphatic rings. The van der Waals surface area contributed by atoms with Gasteiger partial charge < -0.3 is 5.73 Å². The molecule has 1 fully saturated rings. The number of hydrogen-bond acceptors (Lipinski definition) is 3. The normalized spacial score (nSPS) is 21.5. The molecule has 1 aliphatic heterocycles. The van der Waals surface area contributed by atoms with E-state index in [0.29, 0.717) is 17.0 Å². The zero-order valence-corrected chi connectivity index (χ0v) is 12.2. The lowest BCUT2D eigenvalue weighted by Crippen LogP contribution is -2.43.